The standard InChI is InChI=1S/C22H27NO3/c1-14-3-2-4-18-20(24)9-16-10-21(26-13-19(16)22(14)18)15-5-7-23(8-6-15)17-11-25-12-17/h2-4,15,17,21H,5-13H2,1H3. The van der Waals surface area contributed by atoms with Gasteiger partial charge in [-0.25, -0.2) is 0 Å². The molecule has 4 heteroatoms. The third-order valence-corrected chi connectivity index (χ3v) is 6.80. The van der Waals surface area contributed by atoms with Crippen molar-refractivity contribution >= 4 is 11.4 Å². The number of nitrogens with zero attached hydrogens (tertiary/aromatic N) is 1. The summed E-state index contributed by atoms with van der Waals surface area (Å²) in [5.74, 6) is 0.901. The number of Topliss-reactive ketones (excluding diaryl/α,β-unsaturated/α-hetero) is 1. The number of hydrogen-bond acceptors (Lipinski definition) is 4. The maximum absolute atomic E-state index is 12.6. The minimum absolute atomic E-state index is 0.280. The number of hydrogen-bond donors (Lipinski definition) is 0. The average molecular weight is 353 g/mol. The zero-order valence-electron chi connectivity index (χ0n) is 15.5. The molecule has 0 spiro atoms. The second kappa shape index (κ2) is 6.59. The van der Waals surface area contributed by atoms with Gasteiger partial charge in [-0.1, -0.05) is 23.8 Å². The first-order valence-corrected chi connectivity index (χ1v) is 9.98. The second-order valence-electron chi connectivity index (χ2n) is 8.30. The van der Waals surface area contributed by atoms with Crippen LogP contribution in [0.2, 0.25) is 0 Å². The van der Waals surface area contributed by atoms with Crippen LogP contribution in [0.4, 0.5) is 0 Å². The van der Waals surface area contributed by atoms with Crippen LogP contribution in [0.15, 0.2) is 23.8 Å². The van der Waals surface area contributed by atoms with Crippen LogP contribution in [0, 0.1) is 12.8 Å². The third kappa shape index (κ3) is 2.75. The number of carbonyl (C=O) groups is 1. The number of carbonyl (C=O) groups excluding carboxylic acids is 1. The van der Waals surface area contributed by atoms with E-state index in [9.17, 15) is 4.79 Å². The molecule has 1 atom stereocenters. The van der Waals surface area contributed by atoms with Gasteiger partial charge in [-0.3, -0.25) is 9.69 Å². The fourth-order valence-electron chi connectivity index (χ4n) is 5.13. The summed E-state index contributed by atoms with van der Waals surface area (Å²) in [6, 6.07) is 6.72. The predicted molar refractivity (Wildman–Crippen MR) is 100 cm³/mol. The van der Waals surface area contributed by atoms with E-state index in [-0.39, 0.29) is 11.9 Å². The fraction of sp³-hybridized carbons (Fsp3) is 0.591. The Bertz CT molecular complexity index is 757. The van der Waals surface area contributed by atoms with Gasteiger partial charge in [0.05, 0.1) is 32.0 Å². The van der Waals surface area contributed by atoms with Crippen molar-refractivity contribution in [1.29, 1.82) is 0 Å². The summed E-state index contributed by atoms with van der Waals surface area (Å²) in [7, 11) is 0. The lowest BCUT2D eigenvalue weighted by Crippen LogP contribution is -2.52. The second-order valence-corrected chi connectivity index (χ2v) is 8.30. The van der Waals surface area contributed by atoms with Gasteiger partial charge in [-0.05, 0) is 61.9 Å². The van der Waals surface area contributed by atoms with E-state index in [1.165, 1.54) is 29.6 Å². The SMILES string of the molecule is Cc1cccc2c1C1=C(CC2=O)CC(C2CCN(C3COC3)CC2)OC1. The van der Waals surface area contributed by atoms with Gasteiger partial charge in [-0.15, -0.1) is 0 Å². The summed E-state index contributed by atoms with van der Waals surface area (Å²) >= 11 is 0. The first-order valence-electron chi connectivity index (χ1n) is 9.98. The zero-order chi connectivity index (χ0) is 17.7. The zero-order valence-corrected chi connectivity index (χ0v) is 15.5. The van der Waals surface area contributed by atoms with Crippen molar-refractivity contribution < 1.29 is 14.3 Å². The summed E-state index contributed by atoms with van der Waals surface area (Å²) in [6.45, 7) is 6.90. The quantitative estimate of drug-likeness (QED) is 0.818. The van der Waals surface area contributed by atoms with Gasteiger partial charge < -0.3 is 9.47 Å². The molecule has 3 heterocycles. The smallest absolute Gasteiger partial charge is 0.167 e. The number of fused-ring (bicyclic) bond motifs is 2. The lowest BCUT2D eigenvalue weighted by Gasteiger charge is -2.44. The number of aryl methyl sites for hydroxylation is 1. The third-order valence-electron chi connectivity index (χ3n) is 6.80. The largest absolute Gasteiger partial charge is 0.378 e. The van der Waals surface area contributed by atoms with Crippen molar-refractivity contribution in [2.75, 3.05) is 32.9 Å². The molecule has 0 aromatic heterocycles. The molecule has 1 aromatic rings. The predicted octanol–water partition coefficient (Wildman–Crippen LogP) is 3.23. The van der Waals surface area contributed by atoms with Crippen LogP contribution in [0.1, 0.15) is 47.2 Å². The number of benzene rings is 1. The Morgan fingerprint density at radius 1 is 1.15 bits per heavy atom. The summed E-state index contributed by atoms with van der Waals surface area (Å²) in [6.07, 6.45) is 4.21. The highest BCUT2D eigenvalue weighted by atomic mass is 16.5. The van der Waals surface area contributed by atoms with Crippen LogP contribution in [-0.4, -0.2) is 55.7 Å². The topological polar surface area (TPSA) is 38.8 Å². The summed E-state index contributed by atoms with van der Waals surface area (Å²) in [5, 5.41) is 0. The molecule has 26 heavy (non-hydrogen) atoms. The maximum Gasteiger partial charge on any atom is 0.167 e. The molecule has 0 bridgehead atoms. The van der Waals surface area contributed by atoms with Crippen molar-refractivity contribution in [1.82, 2.24) is 4.90 Å². The van der Waals surface area contributed by atoms with E-state index >= 15 is 0 Å². The molecule has 0 saturated carbocycles. The van der Waals surface area contributed by atoms with Crippen molar-refractivity contribution in [2.24, 2.45) is 5.92 Å². The van der Waals surface area contributed by atoms with Gasteiger partial charge in [-0.2, -0.15) is 0 Å². The Morgan fingerprint density at radius 2 is 1.96 bits per heavy atom. The molecule has 1 aliphatic carbocycles. The minimum atomic E-state index is 0.280. The van der Waals surface area contributed by atoms with E-state index in [1.807, 2.05) is 12.1 Å². The average Bonchev–Trinajstić information content (AvgIpc) is 2.61. The normalized spacial score (nSPS) is 27.9. The molecular formula is C22H27NO3. The molecule has 0 radical (unpaired) electrons. The van der Waals surface area contributed by atoms with Crippen LogP contribution in [0.25, 0.3) is 5.57 Å². The molecule has 3 aliphatic heterocycles. The molecular weight excluding hydrogens is 326 g/mol. The molecule has 2 saturated heterocycles. The van der Waals surface area contributed by atoms with Gasteiger partial charge in [0.1, 0.15) is 0 Å². The van der Waals surface area contributed by atoms with Gasteiger partial charge in [0, 0.05) is 12.0 Å². The first-order chi connectivity index (χ1) is 12.7. The van der Waals surface area contributed by atoms with Crippen molar-refractivity contribution in [3.63, 3.8) is 0 Å². The lowest BCUT2D eigenvalue weighted by atomic mass is 9.77. The molecule has 5 rings (SSSR count). The van der Waals surface area contributed by atoms with Crippen LogP contribution >= 0.6 is 0 Å². The van der Waals surface area contributed by atoms with Crippen molar-refractivity contribution in [3.8, 4) is 0 Å². The number of rotatable bonds is 2. The number of likely N-dealkylation sites (tertiary alicyclic amines) is 1. The van der Waals surface area contributed by atoms with Crippen molar-refractivity contribution in [3.05, 3.63) is 40.5 Å². The monoisotopic (exact) mass is 353 g/mol. The Balaban J connectivity index is 1.31. The molecule has 138 valence electrons. The Morgan fingerprint density at radius 3 is 2.69 bits per heavy atom. The summed E-state index contributed by atoms with van der Waals surface area (Å²) in [5.41, 5.74) is 5.86. The molecule has 4 nitrogen and oxygen atoms in total. The molecule has 1 unspecified atom stereocenters. The fourth-order valence-corrected chi connectivity index (χ4v) is 5.13. The first kappa shape index (κ1) is 16.7. The highest BCUT2D eigenvalue weighted by Gasteiger charge is 2.37. The Hall–Kier alpha value is -1.49. The van der Waals surface area contributed by atoms with E-state index in [4.69, 9.17) is 9.47 Å². The van der Waals surface area contributed by atoms with E-state index in [2.05, 4.69) is 17.9 Å². The van der Waals surface area contributed by atoms with Gasteiger partial charge in [0.25, 0.3) is 0 Å². The number of piperidine rings is 1. The molecule has 4 aliphatic rings. The number of ether oxygens (including phenoxy) is 2. The van der Waals surface area contributed by atoms with Gasteiger partial charge in [0.15, 0.2) is 5.78 Å². The van der Waals surface area contributed by atoms with Gasteiger partial charge in [0.2, 0.25) is 0 Å². The van der Waals surface area contributed by atoms with Crippen molar-refractivity contribution in [2.45, 2.75) is 44.8 Å². The van der Waals surface area contributed by atoms with Crippen LogP contribution in [0.5, 0.6) is 0 Å². The molecule has 0 amide bonds. The summed E-state index contributed by atoms with van der Waals surface area (Å²) < 4.78 is 11.7. The highest BCUT2D eigenvalue weighted by molar-refractivity contribution is 6.06. The van der Waals surface area contributed by atoms with Crippen LogP contribution in [-0.2, 0) is 9.47 Å². The Kier molecular flexibility index (Phi) is 4.23. The highest BCUT2D eigenvalue weighted by Crippen LogP contribution is 2.41. The number of ketones is 1. The maximum atomic E-state index is 12.6. The van der Waals surface area contributed by atoms with E-state index in [1.54, 1.807) is 0 Å². The lowest BCUT2D eigenvalue weighted by molar-refractivity contribution is -0.0830. The van der Waals surface area contributed by atoms with E-state index < -0.39 is 0 Å². The summed E-state index contributed by atoms with van der Waals surface area (Å²) in [4.78, 5) is 15.2. The van der Waals surface area contributed by atoms with Crippen LogP contribution in [0.3, 0.4) is 0 Å². The minimum Gasteiger partial charge on any atom is -0.378 e. The Labute approximate surface area is 155 Å². The van der Waals surface area contributed by atoms with Gasteiger partial charge >= 0.3 is 0 Å². The molecule has 0 N–H and O–H groups in total. The molecule has 2 fully saturated rings. The molecule has 1 aromatic carbocycles. The van der Waals surface area contributed by atoms with E-state index in [0.29, 0.717) is 25.0 Å². The van der Waals surface area contributed by atoms with Crippen LogP contribution < -0.4 is 0 Å². The van der Waals surface area contributed by atoms with E-state index in [0.717, 1.165) is 43.9 Å².